The van der Waals surface area contributed by atoms with Crippen molar-refractivity contribution in [1.29, 1.82) is 0 Å². The first-order chi connectivity index (χ1) is 14.7. The molecule has 0 aromatic heterocycles. The Bertz CT molecular complexity index is 830. The first-order valence-corrected chi connectivity index (χ1v) is 10.8. The first kappa shape index (κ1) is 25.1. The number of carbonyl (C=O) groups excluding carboxylic acids is 1. The van der Waals surface area contributed by atoms with E-state index in [-0.39, 0.29) is 29.9 Å². The summed E-state index contributed by atoms with van der Waals surface area (Å²) in [6.45, 7) is 7.41. The van der Waals surface area contributed by atoms with Crippen molar-refractivity contribution < 1.29 is 4.79 Å². The van der Waals surface area contributed by atoms with E-state index in [9.17, 15) is 4.79 Å². The van der Waals surface area contributed by atoms with Gasteiger partial charge in [-0.2, -0.15) is 0 Å². The second-order valence-electron chi connectivity index (χ2n) is 7.64. The van der Waals surface area contributed by atoms with Gasteiger partial charge in [-0.3, -0.25) is 14.7 Å². The predicted octanol–water partition coefficient (Wildman–Crippen LogP) is 3.52. The van der Waals surface area contributed by atoms with Gasteiger partial charge in [-0.1, -0.05) is 36.4 Å². The molecule has 0 atom stereocenters. The summed E-state index contributed by atoms with van der Waals surface area (Å²) < 4.78 is 0. The van der Waals surface area contributed by atoms with Crippen molar-refractivity contribution in [3.8, 4) is 0 Å². The summed E-state index contributed by atoms with van der Waals surface area (Å²) in [5.41, 5.74) is 4.38. The summed E-state index contributed by atoms with van der Waals surface area (Å²) in [4.78, 5) is 18.7. The average Bonchev–Trinajstić information content (AvgIpc) is 3.28. The van der Waals surface area contributed by atoms with Gasteiger partial charge in [-0.25, -0.2) is 0 Å². The molecule has 1 aliphatic rings. The predicted molar refractivity (Wildman–Crippen MR) is 138 cm³/mol. The number of benzene rings is 2. The number of likely N-dealkylation sites (tertiary alicyclic amines) is 1. The highest BCUT2D eigenvalue weighted by molar-refractivity contribution is 14.0. The Labute approximate surface area is 202 Å². The molecule has 0 aliphatic carbocycles. The number of rotatable bonds is 8. The zero-order valence-corrected chi connectivity index (χ0v) is 20.8. The Morgan fingerprint density at radius 3 is 1.90 bits per heavy atom. The van der Waals surface area contributed by atoms with Crippen molar-refractivity contribution in [2.45, 2.75) is 39.4 Å². The number of amides is 1. The van der Waals surface area contributed by atoms with E-state index in [1.54, 1.807) is 7.05 Å². The van der Waals surface area contributed by atoms with E-state index in [2.05, 4.69) is 50.1 Å². The topological polar surface area (TPSA) is 68.8 Å². The maximum atomic E-state index is 11.8. The second kappa shape index (κ2) is 13.3. The van der Waals surface area contributed by atoms with E-state index in [0.717, 1.165) is 24.6 Å². The van der Waals surface area contributed by atoms with Gasteiger partial charge in [-0.15, -0.1) is 24.0 Å². The smallest absolute Gasteiger partial charge is 0.251 e. The van der Waals surface area contributed by atoms with Gasteiger partial charge in [0.2, 0.25) is 0 Å². The molecule has 0 spiro atoms. The van der Waals surface area contributed by atoms with Crippen LogP contribution in [0, 0.1) is 0 Å². The molecule has 1 fully saturated rings. The van der Waals surface area contributed by atoms with Crippen LogP contribution in [-0.2, 0) is 19.6 Å². The van der Waals surface area contributed by atoms with E-state index >= 15 is 0 Å². The van der Waals surface area contributed by atoms with Crippen LogP contribution in [0.3, 0.4) is 0 Å². The number of aliphatic imine (C=N–C) groups is 1. The molecular weight excluding hydrogens is 501 g/mol. The van der Waals surface area contributed by atoms with Crippen LogP contribution in [-0.4, -0.2) is 43.4 Å². The second-order valence-corrected chi connectivity index (χ2v) is 7.64. The Hall–Kier alpha value is -2.13. The Kier molecular flexibility index (Phi) is 10.8. The number of nitrogens with one attached hydrogen (secondary N) is 3. The molecule has 1 amide bonds. The van der Waals surface area contributed by atoms with Crippen molar-refractivity contribution in [2.75, 3.05) is 26.7 Å². The van der Waals surface area contributed by atoms with Crippen LogP contribution < -0.4 is 16.0 Å². The van der Waals surface area contributed by atoms with E-state index in [1.807, 2.05) is 31.2 Å². The summed E-state index contributed by atoms with van der Waals surface area (Å²) >= 11 is 0. The molecule has 3 N–H and O–H groups in total. The lowest BCUT2D eigenvalue weighted by molar-refractivity contribution is 0.0956. The van der Waals surface area contributed by atoms with Gasteiger partial charge in [0.15, 0.2) is 5.96 Å². The fourth-order valence-electron chi connectivity index (χ4n) is 3.59. The van der Waals surface area contributed by atoms with Crippen LogP contribution in [0.4, 0.5) is 0 Å². The standard InChI is InChI=1S/C24H33N5O.HI/c1-3-26-23(30)22-12-10-20(11-13-22)17-28-24(25-2)27-16-19-6-8-21(9-7-19)18-29-14-4-5-15-29;/h6-13H,3-5,14-18H2,1-2H3,(H,26,30)(H2,25,27,28);1H. The third-order valence-corrected chi connectivity index (χ3v) is 5.32. The average molecular weight is 535 g/mol. The van der Waals surface area contributed by atoms with Crippen LogP contribution >= 0.6 is 24.0 Å². The highest BCUT2D eigenvalue weighted by atomic mass is 127. The number of hydrogen-bond donors (Lipinski definition) is 3. The van der Waals surface area contributed by atoms with E-state index in [1.165, 1.54) is 37.1 Å². The van der Waals surface area contributed by atoms with Crippen molar-refractivity contribution in [2.24, 2.45) is 4.99 Å². The molecule has 0 saturated carbocycles. The molecule has 3 rings (SSSR count). The van der Waals surface area contributed by atoms with Gasteiger partial charge in [-0.05, 0) is 61.7 Å². The van der Waals surface area contributed by atoms with Gasteiger partial charge >= 0.3 is 0 Å². The number of carbonyl (C=O) groups is 1. The molecule has 2 aromatic rings. The zero-order valence-electron chi connectivity index (χ0n) is 18.5. The van der Waals surface area contributed by atoms with Crippen molar-refractivity contribution in [1.82, 2.24) is 20.9 Å². The molecule has 6 nitrogen and oxygen atoms in total. The van der Waals surface area contributed by atoms with Crippen LogP contribution in [0.5, 0.6) is 0 Å². The Morgan fingerprint density at radius 2 is 1.39 bits per heavy atom. The maximum Gasteiger partial charge on any atom is 0.251 e. The minimum absolute atomic E-state index is 0. The molecule has 0 radical (unpaired) electrons. The molecule has 2 aromatic carbocycles. The fraction of sp³-hybridized carbons (Fsp3) is 0.417. The highest BCUT2D eigenvalue weighted by Gasteiger charge is 2.11. The van der Waals surface area contributed by atoms with Gasteiger partial charge < -0.3 is 16.0 Å². The molecule has 0 bridgehead atoms. The van der Waals surface area contributed by atoms with Crippen molar-refractivity contribution in [3.63, 3.8) is 0 Å². The van der Waals surface area contributed by atoms with Gasteiger partial charge in [0.1, 0.15) is 0 Å². The summed E-state index contributed by atoms with van der Waals surface area (Å²) in [5, 5.41) is 9.49. The maximum absolute atomic E-state index is 11.8. The van der Waals surface area contributed by atoms with E-state index < -0.39 is 0 Å². The van der Waals surface area contributed by atoms with Crippen molar-refractivity contribution >= 4 is 35.8 Å². The Morgan fingerprint density at radius 1 is 0.871 bits per heavy atom. The van der Waals surface area contributed by atoms with Crippen LogP contribution in [0.1, 0.15) is 46.8 Å². The van der Waals surface area contributed by atoms with E-state index in [4.69, 9.17) is 0 Å². The normalized spacial score (nSPS) is 14.1. The SMILES string of the molecule is CCNC(=O)c1ccc(CNC(=NC)NCc2ccc(CN3CCCC3)cc2)cc1.I. The zero-order chi connectivity index (χ0) is 21.2. The van der Waals surface area contributed by atoms with Gasteiger partial charge in [0, 0.05) is 38.8 Å². The summed E-state index contributed by atoms with van der Waals surface area (Å²) in [6, 6.07) is 16.4. The van der Waals surface area contributed by atoms with E-state index in [0.29, 0.717) is 18.7 Å². The Balaban J connectivity index is 0.00000341. The third-order valence-electron chi connectivity index (χ3n) is 5.32. The third kappa shape index (κ3) is 8.14. The number of guanidine groups is 1. The number of nitrogens with zero attached hydrogens (tertiary/aromatic N) is 2. The molecule has 0 unspecified atom stereocenters. The molecular formula is C24H34IN5O. The fourth-order valence-corrected chi connectivity index (χ4v) is 3.59. The molecule has 1 saturated heterocycles. The molecule has 7 heteroatoms. The quantitative estimate of drug-likeness (QED) is 0.275. The minimum atomic E-state index is -0.0408. The van der Waals surface area contributed by atoms with Crippen LogP contribution in [0.25, 0.3) is 0 Å². The van der Waals surface area contributed by atoms with Crippen molar-refractivity contribution in [3.05, 3.63) is 70.8 Å². The summed E-state index contributed by atoms with van der Waals surface area (Å²) in [6.07, 6.45) is 2.65. The molecule has 31 heavy (non-hydrogen) atoms. The monoisotopic (exact) mass is 535 g/mol. The molecule has 1 aliphatic heterocycles. The first-order valence-electron chi connectivity index (χ1n) is 10.8. The number of hydrogen-bond acceptors (Lipinski definition) is 3. The van der Waals surface area contributed by atoms with Crippen LogP contribution in [0.2, 0.25) is 0 Å². The van der Waals surface area contributed by atoms with Gasteiger partial charge in [0.05, 0.1) is 0 Å². The lowest BCUT2D eigenvalue weighted by atomic mass is 10.1. The molecule has 1 heterocycles. The minimum Gasteiger partial charge on any atom is -0.352 e. The molecule has 168 valence electrons. The highest BCUT2D eigenvalue weighted by Crippen LogP contribution is 2.13. The summed E-state index contributed by atoms with van der Waals surface area (Å²) in [7, 11) is 1.77. The van der Waals surface area contributed by atoms with Crippen LogP contribution in [0.15, 0.2) is 53.5 Å². The largest absolute Gasteiger partial charge is 0.352 e. The number of halogens is 1. The lowest BCUT2D eigenvalue weighted by Gasteiger charge is -2.15. The van der Waals surface area contributed by atoms with Gasteiger partial charge in [0.25, 0.3) is 5.91 Å². The lowest BCUT2D eigenvalue weighted by Crippen LogP contribution is -2.36. The summed E-state index contributed by atoms with van der Waals surface area (Å²) in [5.74, 6) is 0.713.